The van der Waals surface area contributed by atoms with Crippen LogP contribution in [0.5, 0.6) is 11.5 Å². The first-order valence-electron chi connectivity index (χ1n) is 11.6. The summed E-state index contributed by atoms with van der Waals surface area (Å²) in [7, 11) is 0. The molecule has 4 nitrogen and oxygen atoms in total. The molecule has 2 heterocycles. The topological polar surface area (TPSA) is 43.5 Å². The van der Waals surface area contributed by atoms with Gasteiger partial charge in [-0.3, -0.25) is 0 Å². The largest absolute Gasteiger partial charge is 0.491 e. The Bertz CT molecular complexity index is 946. The van der Waals surface area contributed by atoms with E-state index in [0.717, 1.165) is 37.6 Å². The van der Waals surface area contributed by atoms with Gasteiger partial charge < -0.3 is 18.9 Å². The van der Waals surface area contributed by atoms with Crippen molar-refractivity contribution in [3.05, 3.63) is 58.7 Å². The maximum Gasteiger partial charge on any atom is 0.119 e. The first-order valence-corrected chi connectivity index (χ1v) is 11.6. The monoisotopic (exact) mass is 420 g/mol. The van der Waals surface area contributed by atoms with Crippen LogP contribution in [-0.2, 0) is 25.7 Å². The summed E-state index contributed by atoms with van der Waals surface area (Å²) in [5.41, 5.74) is 6.04. The minimum absolute atomic E-state index is 0.0495. The summed E-state index contributed by atoms with van der Waals surface area (Å²) in [4.78, 5) is 0. The second-order valence-electron chi connectivity index (χ2n) is 11.2. The average molecular weight is 421 g/mol. The van der Waals surface area contributed by atoms with Gasteiger partial charge in [0.25, 0.3) is 0 Å². The number of ether oxygens (including phenoxy) is 4. The van der Waals surface area contributed by atoms with Crippen LogP contribution < -0.4 is 9.47 Å². The van der Waals surface area contributed by atoms with Gasteiger partial charge in [-0.25, -0.2) is 0 Å². The summed E-state index contributed by atoms with van der Waals surface area (Å²) in [6.45, 7) is 12.5. The molecule has 0 radical (unpaired) electrons. The van der Waals surface area contributed by atoms with E-state index in [1.807, 2.05) is 0 Å². The second kappa shape index (κ2) is 6.49. The van der Waals surface area contributed by atoms with Crippen LogP contribution in [0, 0.1) is 0 Å². The van der Waals surface area contributed by atoms with Crippen LogP contribution in [0.15, 0.2) is 36.4 Å². The number of hydrogen-bond donors (Lipinski definition) is 0. The van der Waals surface area contributed by atoms with Crippen LogP contribution in [-0.4, -0.2) is 38.6 Å². The molecule has 2 aromatic carbocycles. The fourth-order valence-corrected chi connectivity index (χ4v) is 6.18. The molecule has 1 spiro atoms. The summed E-state index contributed by atoms with van der Waals surface area (Å²) < 4.78 is 22.7. The van der Waals surface area contributed by atoms with Crippen LogP contribution in [0.1, 0.15) is 62.8 Å². The summed E-state index contributed by atoms with van der Waals surface area (Å²) >= 11 is 0. The lowest BCUT2D eigenvalue weighted by atomic mass is 9.72. The lowest BCUT2D eigenvalue weighted by Crippen LogP contribution is -2.26. The molecule has 0 saturated carbocycles. The lowest BCUT2D eigenvalue weighted by Gasteiger charge is -2.30. The van der Waals surface area contributed by atoms with Gasteiger partial charge >= 0.3 is 0 Å². The van der Waals surface area contributed by atoms with E-state index >= 15 is 0 Å². The van der Waals surface area contributed by atoms with Crippen molar-refractivity contribution in [2.75, 3.05) is 26.4 Å². The molecule has 4 aliphatic rings. The first-order chi connectivity index (χ1) is 14.8. The van der Waals surface area contributed by atoms with E-state index in [9.17, 15) is 0 Å². The number of epoxide rings is 2. The number of rotatable bonds is 6. The van der Waals surface area contributed by atoms with Crippen molar-refractivity contribution in [2.45, 2.75) is 69.0 Å². The molecule has 164 valence electrons. The van der Waals surface area contributed by atoms with Gasteiger partial charge in [0.05, 0.1) is 13.2 Å². The van der Waals surface area contributed by atoms with Crippen LogP contribution >= 0.6 is 0 Å². The second-order valence-corrected chi connectivity index (χ2v) is 11.2. The van der Waals surface area contributed by atoms with Gasteiger partial charge in [0.2, 0.25) is 0 Å². The Morgan fingerprint density at radius 2 is 1.13 bits per heavy atom. The van der Waals surface area contributed by atoms with Gasteiger partial charge in [-0.2, -0.15) is 0 Å². The van der Waals surface area contributed by atoms with E-state index in [2.05, 4.69) is 64.1 Å². The minimum atomic E-state index is 0.0495. The maximum absolute atomic E-state index is 6.03. The third kappa shape index (κ3) is 3.27. The summed E-state index contributed by atoms with van der Waals surface area (Å²) in [5.74, 6) is 1.92. The van der Waals surface area contributed by atoms with Crippen molar-refractivity contribution < 1.29 is 18.9 Å². The Kier molecular flexibility index (Phi) is 4.11. The van der Waals surface area contributed by atoms with E-state index in [4.69, 9.17) is 18.9 Å². The zero-order valence-corrected chi connectivity index (χ0v) is 19.0. The zero-order chi connectivity index (χ0) is 21.4. The van der Waals surface area contributed by atoms with Gasteiger partial charge in [0.1, 0.15) is 36.9 Å². The molecule has 0 aromatic heterocycles. The van der Waals surface area contributed by atoms with E-state index < -0.39 is 0 Å². The first kappa shape index (κ1) is 19.6. The fraction of sp³-hybridized carbons (Fsp3) is 0.556. The van der Waals surface area contributed by atoms with Crippen LogP contribution in [0.4, 0.5) is 0 Å². The third-order valence-electron chi connectivity index (χ3n) is 7.64. The Morgan fingerprint density at radius 3 is 1.52 bits per heavy atom. The highest BCUT2D eigenvalue weighted by Gasteiger charge is 2.56. The molecule has 2 unspecified atom stereocenters. The zero-order valence-electron chi connectivity index (χ0n) is 19.0. The predicted octanol–water partition coefficient (Wildman–Crippen LogP) is 4.89. The van der Waals surface area contributed by atoms with Crippen molar-refractivity contribution in [1.29, 1.82) is 0 Å². The maximum atomic E-state index is 6.03. The fourth-order valence-electron chi connectivity index (χ4n) is 6.18. The molecule has 2 atom stereocenters. The minimum Gasteiger partial charge on any atom is -0.491 e. The molecule has 0 bridgehead atoms. The van der Waals surface area contributed by atoms with Crippen LogP contribution in [0.25, 0.3) is 0 Å². The highest BCUT2D eigenvalue weighted by molar-refractivity contribution is 5.61. The SMILES string of the molecule is CC1(C)CC2(CC(C)(C)c3cc(OCC4CO4)ccc32)c2ccc(OCC3CO3)cc21. The molecule has 6 rings (SSSR count). The Balaban J connectivity index is 1.38. The predicted molar refractivity (Wildman–Crippen MR) is 119 cm³/mol. The number of benzene rings is 2. The molecule has 0 amide bonds. The van der Waals surface area contributed by atoms with E-state index in [1.165, 1.54) is 22.3 Å². The highest BCUT2D eigenvalue weighted by Crippen LogP contribution is 2.63. The van der Waals surface area contributed by atoms with Crippen molar-refractivity contribution in [3.63, 3.8) is 0 Å². The Hall–Kier alpha value is -2.04. The molecule has 2 saturated heterocycles. The van der Waals surface area contributed by atoms with Gasteiger partial charge in [0.15, 0.2) is 0 Å². The Labute approximate surface area is 184 Å². The molecular weight excluding hydrogens is 388 g/mol. The highest BCUT2D eigenvalue weighted by atomic mass is 16.6. The van der Waals surface area contributed by atoms with Crippen molar-refractivity contribution in [3.8, 4) is 11.5 Å². The van der Waals surface area contributed by atoms with Crippen LogP contribution in [0.2, 0.25) is 0 Å². The number of hydrogen-bond acceptors (Lipinski definition) is 4. The average Bonchev–Trinajstić information content (AvgIpc) is 3.64. The van der Waals surface area contributed by atoms with E-state index in [1.54, 1.807) is 0 Å². The van der Waals surface area contributed by atoms with Crippen molar-refractivity contribution in [1.82, 2.24) is 0 Å². The molecule has 2 aliphatic heterocycles. The Morgan fingerprint density at radius 1 is 0.710 bits per heavy atom. The third-order valence-corrected chi connectivity index (χ3v) is 7.64. The quantitative estimate of drug-likeness (QED) is 0.624. The molecule has 4 heteroatoms. The summed E-state index contributed by atoms with van der Waals surface area (Å²) in [6, 6.07) is 13.5. The molecular formula is C27H32O4. The molecule has 2 aliphatic carbocycles. The summed E-state index contributed by atoms with van der Waals surface area (Å²) in [5, 5.41) is 0. The van der Waals surface area contributed by atoms with Crippen molar-refractivity contribution >= 4 is 0 Å². The van der Waals surface area contributed by atoms with Crippen molar-refractivity contribution in [2.24, 2.45) is 0 Å². The van der Waals surface area contributed by atoms with Gasteiger partial charge in [-0.15, -0.1) is 0 Å². The van der Waals surface area contributed by atoms with Gasteiger partial charge in [-0.1, -0.05) is 39.8 Å². The smallest absolute Gasteiger partial charge is 0.119 e. The lowest BCUT2D eigenvalue weighted by molar-refractivity contribution is 0.262. The standard InChI is InChI=1S/C27H32O4/c1-25(2)15-27(21-7-5-17(9-23(21)25)28-11-19-13-30-19)16-26(3,4)24-10-18(6-8-22(24)27)29-12-20-14-31-20/h5-10,19-20H,11-16H2,1-4H3. The normalized spacial score (nSPS) is 30.7. The van der Waals surface area contributed by atoms with E-state index in [-0.39, 0.29) is 28.5 Å². The number of fused-ring (bicyclic) bond motifs is 4. The molecule has 2 fully saturated rings. The van der Waals surface area contributed by atoms with Gasteiger partial charge in [0, 0.05) is 5.41 Å². The molecule has 31 heavy (non-hydrogen) atoms. The summed E-state index contributed by atoms with van der Waals surface area (Å²) in [6.07, 6.45) is 2.80. The molecule has 0 N–H and O–H groups in total. The van der Waals surface area contributed by atoms with Gasteiger partial charge in [-0.05, 0) is 70.2 Å². The van der Waals surface area contributed by atoms with E-state index in [0.29, 0.717) is 13.2 Å². The molecule has 2 aromatic rings. The van der Waals surface area contributed by atoms with Crippen LogP contribution in [0.3, 0.4) is 0 Å².